The summed E-state index contributed by atoms with van der Waals surface area (Å²) in [6.45, 7) is 1.13. The Bertz CT molecular complexity index is 410. The van der Waals surface area contributed by atoms with E-state index < -0.39 is 5.82 Å². The van der Waals surface area contributed by atoms with Crippen molar-refractivity contribution >= 4 is 5.96 Å². The van der Waals surface area contributed by atoms with E-state index in [1.54, 1.807) is 19.2 Å². The van der Waals surface area contributed by atoms with Crippen molar-refractivity contribution in [3.8, 4) is 0 Å². The van der Waals surface area contributed by atoms with Crippen molar-refractivity contribution < 1.29 is 14.2 Å². The summed E-state index contributed by atoms with van der Waals surface area (Å²) in [4.78, 5) is 4.09. The first-order valence-electron chi connectivity index (χ1n) is 5.58. The largest absolute Gasteiger partial charge is 0.392 e. The van der Waals surface area contributed by atoms with Crippen LogP contribution in [0.15, 0.2) is 23.2 Å². The number of guanidine groups is 1. The molecular weight excluding hydrogens is 237 g/mol. The molecule has 100 valence electrons. The van der Waals surface area contributed by atoms with Crippen molar-refractivity contribution in [1.29, 1.82) is 0 Å². The zero-order chi connectivity index (χ0) is 13.4. The molecule has 4 N–H and O–H groups in total. The Hall–Kier alpha value is -1.66. The second kappa shape index (κ2) is 7.62. The van der Waals surface area contributed by atoms with Crippen LogP contribution in [0.3, 0.4) is 0 Å². The van der Waals surface area contributed by atoms with Gasteiger partial charge >= 0.3 is 0 Å². The molecule has 1 rings (SSSR count). The number of ether oxygens (including phenoxy) is 1. The maximum Gasteiger partial charge on any atom is 0.188 e. The fourth-order valence-corrected chi connectivity index (χ4v) is 1.36. The highest BCUT2D eigenvalue weighted by Crippen LogP contribution is 2.11. The predicted molar refractivity (Wildman–Crippen MR) is 67.5 cm³/mol. The second-order valence-corrected chi connectivity index (χ2v) is 3.70. The number of nitrogens with two attached hydrogens (primary N) is 1. The van der Waals surface area contributed by atoms with Crippen molar-refractivity contribution in [2.45, 2.75) is 13.2 Å². The molecule has 0 aliphatic carbocycles. The van der Waals surface area contributed by atoms with Crippen LogP contribution in [-0.4, -0.2) is 31.3 Å². The summed E-state index contributed by atoms with van der Waals surface area (Å²) in [6, 6.07) is 4.49. The van der Waals surface area contributed by atoms with Gasteiger partial charge in [-0.3, -0.25) is 0 Å². The maximum absolute atomic E-state index is 13.1. The molecule has 1 aromatic carbocycles. The zero-order valence-corrected chi connectivity index (χ0v) is 10.3. The van der Waals surface area contributed by atoms with Crippen LogP contribution in [0, 0.1) is 5.82 Å². The number of aliphatic hydroxyl groups excluding tert-OH is 1. The number of nitrogens with one attached hydrogen (secondary N) is 1. The lowest BCUT2D eigenvalue weighted by molar-refractivity contribution is 0.204. The van der Waals surface area contributed by atoms with Crippen LogP contribution in [0.5, 0.6) is 0 Å². The van der Waals surface area contributed by atoms with Crippen LogP contribution in [-0.2, 0) is 17.9 Å². The number of methoxy groups -OCH3 is 1. The summed E-state index contributed by atoms with van der Waals surface area (Å²) in [5.74, 6) is -0.113. The van der Waals surface area contributed by atoms with E-state index in [1.165, 1.54) is 6.07 Å². The fraction of sp³-hybridized carbons (Fsp3) is 0.417. The standard InChI is InChI=1S/C12H18FN3O2/c1-18-5-4-15-12(14)16-7-9-2-3-11(13)10(6-9)8-17/h2-3,6,17H,4-5,7-8H2,1H3,(H3,14,15,16). The number of aliphatic hydroxyl groups is 1. The Kier molecular flexibility index (Phi) is 6.10. The monoisotopic (exact) mass is 255 g/mol. The molecule has 6 heteroatoms. The topological polar surface area (TPSA) is 79.9 Å². The first-order valence-corrected chi connectivity index (χ1v) is 5.58. The molecule has 0 aliphatic rings. The van der Waals surface area contributed by atoms with Gasteiger partial charge in [-0.15, -0.1) is 0 Å². The van der Waals surface area contributed by atoms with E-state index in [1.807, 2.05) is 0 Å². The Labute approximate surface area is 105 Å². The van der Waals surface area contributed by atoms with E-state index in [9.17, 15) is 4.39 Å². The predicted octanol–water partition coefficient (Wildman–Crippen LogP) is 0.369. The highest BCUT2D eigenvalue weighted by molar-refractivity contribution is 5.77. The van der Waals surface area contributed by atoms with Gasteiger partial charge in [0.05, 0.1) is 19.8 Å². The Morgan fingerprint density at radius 3 is 3.00 bits per heavy atom. The molecule has 0 saturated carbocycles. The Morgan fingerprint density at radius 1 is 1.56 bits per heavy atom. The van der Waals surface area contributed by atoms with Gasteiger partial charge in [0.2, 0.25) is 0 Å². The van der Waals surface area contributed by atoms with Gasteiger partial charge in [0.15, 0.2) is 5.96 Å². The maximum atomic E-state index is 13.1. The van der Waals surface area contributed by atoms with Crippen LogP contribution in [0.25, 0.3) is 0 Å². The van der Waals surface area contributed by atoms with Crippen molar-refractivity contribution in [1.82, 2.24) is 5.32 Å². The molecule has 0 aliphatic heterocycles. The summed E-state index contributed by atoms with van der Waals surface area (Å²) in [6.07, 6.45) is 0. The number of benzene rings is 1. The summed E-state index contributed by atoms with van der Waals surface area (Å²) in [7, 11) is 1.60. The van der Waals surface area contributed by atoms with Crippen LogP contribution in [0.1, 0.15) is 11.1 Å². The SMILES string of the molecule is COCCNC(N)=NCc1ccc(F)c(CO)c1. The molecular formula is C12H18FN3O2. The van der Waals surface area contributed by atoms with Gasteiger partial charge in [-0.25, -0.2) is 9.38 Å². The smallest absolute Gasteiger partial charge is 0.188 e. The number of nitrogens with zero attached hydrogens (tertiary/aromatic N) is 1. The molecule has 0 atom stereocenters. The fourth-order valence-electron chi connectivity index (χ4n) is 1.36. The van der Waals surface area contributed by atoms with Gasteiger partial charge in [-0.05, 0) is 17.7 Å². The van der Waals surface area contributed by atoms with Crippen molar-refractivity contribution in [3.63, 3.8) is 0 Å². The third-order valence-electron chi connectivity index (χ3n) is 2.32. The van der Waals surface area contributed by atoms with Gasteiger partial charge in [0, 0.05) is 19.2 Å². The van der Waals surface area contributed by atoms with Gasteiger partial charge in [0.25, 0.3) is 0 Å². The first-order chi connectivity index (χ1) is 8.67. The first kappa shape index (κ1) is 14.4. The molecule has 0 radical (unpaired) electrons. The molecule has 0 spiro atoms. The van der Waals surface area contributed by atoms with E-state index >= 15 is 0 Å². The summed E-state index contributed by atoms with van der Waals surface area (Å²) in [5, 5.41) is 11.8. The van der Waals surface area contributed by atoms with E-state index in [0.29, 0.717) is 25.7 Å². The molecule has 18 heavy (non-hydrogen) atoms. The third-order valence-corrected chi connectivity index (χ3v) is 2.32. The molecule has 1 aromatic rings. The Balaban J connectivity index is 2.54. The zero-order valence-electron chi connectivity index (χ0n) is 10.3. The quantitative estimate of drug-likeness (QED) is 0.390. The average Bonchev–Trinajstić information content (AvgIpc) is 2.38. The Morgan fingerprint density at radius 2 is 2.33 bits per heavy atom. The average molecular weight is 255 g/mol. The minimum absolute atomic E-state index is 0.258. The number of halogens is 1. The van der Waals surface area contributed by atoms with Gasteiger partial charge in [-0.1, -0.05) is 6.07 Å². The lowest BCUT2D eigenvalue weighted by atomic mass is 10.1. The summed E-state index contributed by atoms with van der Waals surface area (Å²) in [5.41, 5.74) is 6.67. The molecule has 0 amide bonds. The third kappa shape index (κ3) is 4.68. The van der Waals surface area contributed by atoms with E-state index in [-0.39, 0.29) is 12.2 Å². The van der Waals surface area contributed by atoms with Crippen molar-refractivity contribution in [2.24, 2.45) is 10.7 Å². The number of hydrogen-bond acceptors (Lipinski definition) is 3. The van der Waals surface area contributed by atoms with E-state index in [2.05, 4.69) is 10.3 Å². The highest BCUT2D eigenvalue weighted by Gasteiger charge is 2.02. The van der Waals surface area contributed by atoms with Crippen LogP contribution >= 0.6 is 0 Å². The summed E-state index contributed by atoms with van der Waals surface area (Å²) >= 11 is 0. The summed E-state index contributed by atoms with van der Waals surface area (Å²) < 4.78 is 18.0. The lowest BCUT2D eigenvalue weighted by Crippen LogP contribution is -2.34. The van der Waals surface area contributed by atoms with Crippen molar-refractivity contribution in [3.05, 3.63) is 35.1 Å². The van der Waals surface area contributed by atoms with E-state index in [4.69, 9.17) is 15.6 Å². The van der Waals surface area contributed by atoms with Crippen LogP contribution in [0.4, 0.5) is 4.39 Å². The van der Waals surface area contributed by atoms with E-state index in [0.717, 1.165) is 5.56 Å². The molecule has 0 heterocycles. The lowest BCUT2D eigenvalue weighted by Gasteiger charge is -2.05. The van der Waals surface area contributed by atoms with Crippen molar-refractivity contribution in [2.75, 3.05) is 20.3 Å². The molecule has 0 saturated heterocycles. The minimum Gasteiger partial charge on any atom is -0.392 e. The van der Waals surface area contributed by atoms with Gasteiger partial charge in [0.1, 0.15) is 5.82 Å². The molecule has 0 bridgehead atoms. The number of aliphatic imine (C=N–C) groups is 1. The number of hydrogen-bond donors (Lipinski definition) is 3. The molecule has 0 aromatic heterocycles. The number of rotatable bonds is 6. The van der Waals surface area contributed by atoms with Gasteiger partial charge in [-0.2, -0.15) is 0 Å². The molecule has 0 unspecified atom stereocenters. The second-order valence-electron chi connectivity index (χ2n) is 3.70. The normalized spacial score (nSPS) is 11.6. The minimum atomic E-state index is -0.420. The molecule has 0 fully saturated rings. The van der Waals surface area contributed by atoms with Crippen LogP contribution < -0.4 is 11.1 Å². The molecule has 5 nitrogen and oxygen atoms in total. The highest BCUT2D eigenvalue weighted by atomic mass is 19.1. The van der Waals surface area contributed by atoms with Gasteiger partial charge < -0.3 is 20.9 Å². The van der Waals surface area contributed by atoms with Crippen LogP contribution in [0.2, 0.25) is 0 Å².